The Labute approximate surface area is 93.4 Å². The first-order valence-corrected chi connectivity index (χ1v) is 5.98. The normalized spacial score (nSPS) is 20.0. The van der Waals surface area contributed by atoms with E-state index >= 15 is 0 Å². The van der Waals surface area contributed by atoms with Gasteiger partial charge in [-0.3, -0.25) is 9.80 Å². The summed E-state index contributed by atoms with van der Waals surface area (Å²) in [6, 6.07) is 0.681. The summed E-state index contributed by atoms with van der Waals surface area (Å²) < 4.78 is 5.38. The molecule has 0 unspecified atom stereocenters. The summed E-state index contributed by atoms with van der Waals surface area (Å²) in [6.45, 7) is 12.4. The van der Waals surface area contributed by atoms with Gasteiger partial charge in [0.1, 0.15) is 0 Å². The van der Waals surface area contributed by atoms with Crippen LogP contribution in [0.25, 0.3) is 0 Å². The molecule has 0 spiro atoms. The van der Waals surface area contributed by atoms with Crippen LogP contribution in [0.1, 0.15) is 13.8 Å². The molecule has 0 bridgehead atoms. The lowest BCUT2D eigenvalue weighted by atomic mass is 10.2. The van der Waals surface area contributed by atoms with Crippen LogP contribution in [0.5, 0.6) is 0 Å². The van der Waals surface area contributed by atoms with E-state index in [9.17, 15) is 0 Å². The van der Waals surface area contributed by atoms with Crippen LogP contribution in [0.15, 0.2) is 0 Å². The molecule has 1 aliphatic rings. The minimum Gasteiger partial charge on any atom is -0.379 e. The van der Waals surface area contributed by atoms with Crippen molar-refractivity contribution >= 4 is 0 Å². The van der Waals surface area contributed by atoms with Gasteiger partial charge in [-0.15, -0.1) is 0 Å². The number of hydrogen-bond donors (Lipinski definition) is 1. The van der Waals surface area contributed by atoms with Crippen LogP contribution in [0.2, 0.25) is 0 Å². The van der Waals surface area contributed by atoms with Gasteiger partial charge in [0.2, 0.25) is 0 Å². The third kappa shape index (κ3) is 4.93. The van der Waals surface area contributed by atoms with Crippen LogP contribution >= 0.6 is 0 Å². The molecule has 0 radical (unpaired) electrons. The number of hydrogen-bond acceptors (Lipinski definition) is 4. The van der Waals surface area contributed by atoms with Crippen molar-refractivity contribution in [1.29, 1.82) is 0 Å². The van der Waals surface area contributed by atoms with Gasteiger partial charge in [-0.1, -0.05) is 0 Å². The lowest BCUT2D eigenvalue weighted by Crippen LogP contribution is -2.49. The molecule has 0 aromatic rings. The molecular formula is C11H25N3O. The fourth-order valence-electron chi connectivity index (χ4n) is 1.88. The van der Waals surface area contributed by atoms with Crippen molar-refractivity contribution in [2.75, 3.05) is 52.5 Å². The Hall–Kier alpha value is -0.160. The maximum absolute atomic E-state index is 5.38. The molecule has 0 saturated carbocycles. The zero-order valence-corrected chi connectivity index (χ0v) is 10.1. The Morgan fingerprint density at radius 1 is 1.13 bits per heavy atom. The van der Waals surface area contributed by atoms with E-state index in [0.717, 1.165) is 13.2 Å². The standard InChI is InChI=1S/C11H25N3O/c1-11(2)14-6-4-13(5-7-14)8-10-15-9-3-12/h11H,3-10,12H2,1-2H3. The molecule has 0 aromatic heterocycles. The maximum atomic E-state index is 5.38. The minimum absolute atomic E-state index is 0.626. The highest BCUT2D eigenvalue weighted by Gasteiger charge is 2.17. The smallest absolute Gasteiger partial charge is 0.0594 e. The zero-order valence-electron chi connectivity index (χ0n) is 10.1. The van der Waals surface area contributed by atoms with Crippen molar-refractivity contribution in [2.24, 2.45) is 5.73 Å². The van der Waals surface area contributed by atoms with E-state index in [-0.39, 0.29) is 0 Å². The SMILES string of the molecule is CC(C)N1CCN(CCOCCN)CC1. The van der Waals surface area contributed by atoms with Gasteiger partial charge in [0.25, 0.3) is 0 Å². The Kier molecular flexibility index (Phi) is 6.17. The Balaban J connectivity index is 2.04. The lowest BCUT2D eigenvalue weighted by Gasteiger charge is -2.36. The van der Waals surface area contributed by atoms with Crippen LogP contribution in [0, 0.1) is 0 Å². The van der Waals surface area contributed by atoms with Gasteiger partial charge in [-0.05, 0) is 13.8 Å². The van der Waals surface area contributed by atoms with Crippen molar-refractivity contribution < 1.29 is 4.74 Å². The van der Waals surface area contributed by atoms with Gasteiger partial charge in [-0.25, -0.2) is 0 Å². The zero-order chi connectivity index (χ0) is 11.1. The van der Waals surface area contributed by atoms with E-state index in [1.807, 2.05) is 0 Å². The summed E-state index contributed by atoms with van der Waals surface area (Å²) in [5.41, 5.74) is 5.35. The predicted octanol–water partition coefficient (Wildman–Crippen LogP) is -0.0123. The molecule has 4 heteroatoms. The fraction of sp³-hybridized carbons (Fsp3) is 1.00. The second-order valence-electron chi connectivity index (χ2n) is 4.37. The van der Waals surface area contributed by atoms with Crippen molar-refractivity contribution in [3.05, 3.63) is 0 Å². The molecule has 4 nitrogen and oxygen atoms in total. The van der Waals surface area contributed by atoms with E-state index in [0.29, 0.717) is 19.2 Å². The largest absolute Gasteiger partial charge is 0.379 e. The third-order valence-electron chi connectivity index (χ3n) is 2.95. The Bertz CT molecular complexity index is 156. The summed E-state index contributed by atoms with van der Waals surface area (Å²) >= 11 is 0. The quantitative estimate of drug-likeness (QED) is 0.633. The molecule has 1 heterocycles. The van der Waals surface area contributed by atoms with Crippen LogP contribution in [-0.4, -0.2) is 68.3 Å². The van der Waals surface area contributed by atoms with Gasteiger partial charge < -0.3 is 10.5 Å². The first kappa shape index (κ1) is 12.9. The van der Waals surface area contributed by atoms with E-state index in [4.69, 9.17) is 10.5 Å². The molecule has 1 aliphatic heterocycles. The van der Waals surface area contributed by atoms with Crippen LogP contribution in [0.4, 0.5) is 0 Å². The van der Waals surface area contributed by atoms with E-state index < -0.39 is 0 Å². The number of ether oxygens (including phenoxy) is 1. The van der Waals surface area contributed by atoms with Crippen molar-refractivity contribution in [3.8, 4) is 0 Å². The molecule has 2 N–H and O–H groups in total. The molecule has 1 saturated heterocycles. The summed E-state index contributed by atoms with van der Waals surface area (Å²) in [4.78, 5) is 4.99. The van der Waals surface area contributed by atoms with Crippen molar-refractivity contribution in [1.82, 2.24) is 9.80 Å². The molecule has 0 atom stereocenters. The molecule has 0 amide bonds. The highest BCUT2D eigenvalue weighted by atomic mass is 16.5. The summed E-state index contributed by atoms with van der Waals surface area (Å²) in [7, 11) is 0. The van der Waals surface area contributed by atoms with Crippen LogP contribution in [0.3, 0.4) is 0 Å². The number of piperazine rings is 1. The number of rotatable bonds is 6. The van der Waals surface area contributed by atoms with Gasteiger partial charge in [0.05, 0.1) is 13.2 Å². The first-order valence-electron chi connectivity index (χ1n) is 5.98. The Morgan fingerprint density at radius 3 is 2.33 bits per heavy atom. The molecule has 1 rings (SSSR count). The maximum Gasteiger partial charge on any atom is 0.0594 e. The average molecular weight is 215 g/mol. The molecule has 1 fully saturated rings. The summed E-state index contributed by atoms with van der Waals surface area (Å²) in [5.74, 6) is 0. The second kappa shape index (κ2) is 7.17. The van der Waals surface area contributed by atoms with Gasteiger partial charge in [0, 0.05) is 45.3 Å². The van der Waals surface area contributed by atoms with Gasteiger partial charge in [0.15, 0.2) is 0 Å². The predicted molar refractivity (Wildman–Crippen MR) is 63.0 cm³/mol. The van der Waals surface area contributed by atoms with Crippen LogP contribution < -0.4 is 5.73 Å². The number of nitrogens with zero attached hydrogens (tertiary/aromatic N) is 2. The first-order chi connectivity index (χ1) is 7.24. The van der Waals surface area contributed by atoms with Gasteiger partial charge >= 0.3 is 0 Å². The lowest BCUT2D eigenvalue weighted by molar-refractivity contribution is 0.0690. The molecule has 90 valence electrons. The fourth-order valence-corrected chi connectivity index (χ4v) is 1.88. The molecule has 15 heavy (non-hydrogen) atoms. The monoisotopic (exact) mass is 215 g/mol. The van der Waals surface area contributed by atoms with E-state index in [1.165, 1.54) is 26.2 Å². The highest BCUT2D eigenvalue weighted by Crippen LogP contribution is 2.05. The third-order valence-corrected chi connectivity index (χ3v) is 2.95. The van der Waals surface area contributed by atoms with Crippen molar-refractivity contribution in [2.45, 2.75) is 19.9 Å². The molecule has 0 aliphatic carbocycles. The summed E-state index contributed by atoms with van der Waals surface area (Å²) in [5, 5.41) is 0. The summed E-state index contributed by atoms with van der Waals surface area (Å²) in [6.07, 6.45) is 0. The average Bonchev–Trinajstić information content (AvgIpc) is 2.25. The molecular weight excluding hydrogens is 190 g/mol. The molecule has 0 aromatic carbocycles. The number of nitrogens with two attached hydrogens (primary N) is 1. The topological polar surface area (TPSA) is 41.7 Å². The second-order valence-corrected chi connectivity index (χ2v) is 4.37. The van der Waals surface area contributed by atoms with Gasteiger partial charge in [-0.2, -0.15) is 0 Å². The van der Waals surface area contributed by atoms with Crippen LogP contribution in [-0.2, 0) is 4.74 Å². The minimum atomic E-state index is 0.626. The highest BCUT2D eigenvalue weighted by molar-refractivity contribution is 4.73. The Morgan fingerprint density at radius 2 is 1.80 bits per heavy atom. The van der Waals surface area contributed by atoms with E-state index in [2.05, 4.69) is 23.6 Å². The van der Waals surface area contributed by atoms with Crippen molar-refractivity contribution in [3.63, 3.8) is 0 Å². The van der Waals surface area contributed by atoms with E-state index in [1.54, 1.807) is 0 Å².